The fourth-order valence-corrected chi connectivity index (χ4v) is 2.41. The number of fused-ring (bicyclic) bond motifs is 1. The Hall–Kier alpha value is -1.62. The topological polar surface area (TPSA) is 45.5 Å². The minimum Gasteiger partial charge on any atom is -0.369 e. The third-order valence-electron chi connectivity index (χ3n) is 3.42. The van der Waals surface area contributed by atoms with Crippen molar-refractivity contribution in [2.75, 3.05) is 31.1 Å². The summed E-state index contributed by atoms with van der Waals surface area (Å²) in [5, 5.41) is 11.9. The van der Waals surface area contributed by atoms with Gasteiger partial charge in [-0.25, -0.2) is 0 Å². The number of piperazine rings is 1. The Bertz CT molecular complexity index is 539. The molecular formula is C13H19N5. The standard InChI is InChI=1S/C13H19N5/c1-10(2)13-16-15-12-9-11(3-6-18(12)13)17-7-4-14-5-8-17/h3,6,9-10,14H,4-5,7-8H2,1-2H3. The molecule has 18 heavy (non-hydrogen) atoms. The van der Waals surface area contributed by atoms with E-state index in [1.165, 1.54) is 5.69 Å². The lowest BCUT2D eigenvalue weighted by Gasteiger charge is -2.29. The molecule has 0 unspecified atom stereocenters. The highest BCUT2D eigenvalue weighted by molar-refractivity contribution is 5.56. The van der Waals surface area contributed by atoms with E-state index in [1.54, 1.807) is 0 Å². The number of pyridine rings is 1. The Morgan fingerprint density at radius 2 is 2.00 bits per heavy atom. The van der Waals surface area contributed by atoms with Gasteiger partial charge in [-0.1, -0.05) is 13.8 Å². The lowest BCUT2D eigenvalue weighted by molar-refractivity contribution is 0.589. The van der Waals surface area contributed by atoms with Gasteiger partial charge in [0, 0.05) is 50.0 Å². The maximum absolute atomic E-state index is 4.27. The smallest absolute Gasteiger partial charge is 0.162 e. The summed E-state index contributed by atoms with van der Waals surface area (Å²) >= 11 is 0. The Balaban J connectivity index is 1.96. The van der Waals surface area contributed by atoms with Gasteiger partial charge in [-0.3, -0.25) is 4.40 Å². The van der Waals surface area contributed by atoms with Gasteiger partial charge < -0.3 is 10.2 Å². The van der Waals surface area contributed by atoms with Gasteiger partial charge in [-0.2, -0.15) is 0 Å². The average Bonchev–Trinajstić information content (AvgIpc) is 2.82. The van der Waals surface area contributed by atoms with E-state index in [2.05, 4.69) is 57.0 Å². The Labute approximate surface area is 107 Å². The van der Waals surface area contributed by atoms with Crippen LogP contribution in [0.25, 0.3) is 5.65 Å². The molecule has 1 fully saturated rings. The zero-order chi connectivity index (χ0) is 12.5. The molecule has 0 aromatic carbocycles. The first-order valence-electron chi connectivity index (χ1n) is 6.56. The van der Waals surface area contributed by atoms with E-state index in [1.807, 2.05) is 0 Å². The highest BCUT2D eigenvalue weighted by Gasteiger charge is 2.13. The Morgan fingerprint density at radius 3 is 2.72 bits per heavy atom. The van der Waals surface area contributed by atoms with E-state index >= 15 is 0 Å². The molecule has 1 aliphatic heterocycles. The van der Waals surface area contributed by atoms with E-state index in [0.29, 0.717) is 5.92 Å². The largest absolute Gasteiger partial charge is 0.369 e. The molecule has 1 aliphatic rings. The van der Waals surface area contributed by atoms with Crippen molar-refractivity contribution in [2.24, 2.45) is 0 Å². The predicted molar refractivity (Wildman–Crippen MR) is 72.2 cm³/mol. The number of hydrogen-bond donors (Lipinski definition) is 1. The van der Waals surface area contributed by atoms with Gasteiger partial charge in [-0.15, -0.1) is 10.2 Å². The molecule has 0 atom stereocenters. The van der Waals surface area contributed by atoms with Gasteiger partial charge >= 0.3 is 0 Å². The third-order valence-corrected chi connectivity index (χ3v) is 3.42. The van der Waals surface area contributed by atoms with Crippen molar-refractivity contribution in [3.63, 3.8) is 0 Å². The minimum atomic E-state index is 0.394. The summed E-state index contributed by atoms with van der Waals surface area (Å²) < 4.78 is 2.08. The van der Waals surface area contributed by atoms with Crippen LogP contribution in [0.3, 0.4) is 0 Å². The quantitative estimate of drug-likeness (QED) is 0.865. The van der Waals surface area contributed by atoms with Crippen molar-refractivity contribution in [1.29, 1.82) is 0 Å². The first-order chi connectivity index (χ1) is 8.75. The fraction of sp³-hybridized carbons (Fsp3) is 0.538. The molecule has 0 aliphatic carbocycles. The van der Waals surface area contributed by atoms with Gasteiger partial charge in [0.05, 0.1) is 0 Å². The number of nitrogens with zero attached hydrogens (tertiary/aromatic N) is 4. The van der Waals surface area contributed by atoms with Crippen molar-refractivity contribution in [2.45, 2.75) is 19.8 Å². The van der Waals surface area contributed by atoms with E-state index in [-0.39, 0.29) is 0 Å². The van der Waals surface area contributed by atoms with Crippen molar-refractivity contribution < 1.29 is 0 Å². The van der Waals surface area contributed by atoms with Crippen LogP contribution in [-0.2, 0) is 0 Å². The van der Waals surface area contributed by atoms with Crippen LogP contribution in [0.5, 0.6) is 0 Å². The number of rotatable bonds is 2. The van der Waals surface area contributed by atoms with E-state index < -0.39 is 0 Å². The second-order valence-corrected chi connectivity index (χ2v) is 5.06. The zero-order valence-corrected chi connectivity index (χ0v) is 10.9. The highest BCUT2D eigenvalue weighted by atomic mass is 15.3. The molecular weight excluding hydrogens is 226 g/mol. The van der Waals surface area contributed by atoms with Gasteiger partial charge in [0.2, 0.25) is 0 Å². The molecule has 0 saturated carbocycles. The molecule has 96 valence electrons. The summed E-state index contributed by atoms with van der Waals surface area (Å²) in [6.07, 6.45) is 2.09. The lowest BCUT2D eigenvalue weighted by atomic mass is 10.2. The minimum absolute atomic E-state index is 0.394. The molecule has 3 rings (SSSR count). The van der Waals surface area contributed by atoms with Crippen LogP contribution in [0.1, 0.15) is 25.6 Å². The molecule has 3 heterocycles. The van der Waals surface area contributed by atoms with Crippen molar-refractivity contribution in [1.82, 2.24) is 19.9 Å². The molecule has 0 radical (unpaired) electrons. The number of aromatic nitrogens is 3. The van der Waals surface area contributed by atoms with Gasteiger partial charge in [0.15, 0.2) is 5.65 Å². The van der Waals surface area contributed by atoms with Crippen molar-refractivity contribution >= 4 is 11.3 Å². The maximum atomic E-state index is 4.27. The van der Waals surface area contributed by atoms with E-state index in [9.17, 15) is 0 Å². The number of anilines is 1. The molecule has 5 nitrogen and oxygen atoms in total. The molecule has 2 aromatic heterocycles. The summed E-state index contributed by atoms with van der Waals surface area (Å²) in [5.74, 6) is 1.42. The normalized spacial score (nSPS) is 16.7. The molecule has 0 amide bonds. The average molecular weight is 245 g/mol. The SMILES string of the molecule is CC(C)c1nnc2cc(N3CCNCC3)ccn12. The van der Waals surface area contributed by atoms with E-state index in [0.717, 1.165) is 37.7 Å². The number of nitrogens with one attached hydrogen (secondary N) is 1. The molecule has 1 saturated heterocycles. The van der Waals surface area contributed by atoms with Crippen LogP contribution < -0.4 is 10.2 Å². The van der Waals surface area contributed by atoms with Crippen LogP contribution in [0.2, 0.25) is 0 Å². The fourth-order valence-electron chi connectivity index (χ4n) is 2.41. The molecule has 0 spiro atoms. The summed E-state index contributed by atoms with van der Waals surface area (Å²) in [6.45, 7) is 8.49. The van der Waals surface area contributed by atoms with Gasteiger partial charge in [-0.05, 0) is 6.07 Å². The summed E-state index contributed by atoms with van der Waals surface area (Å²) in [7, 11) is 0. The molecule has 5 heteroatoms. The van der Waals surface area contributed by atoms with Gasteiger partial charge in [0.1, 0.15) is 5.82 Å². The summed E-state index contributed by atoms with van der Waals surface area (Å²) in [6, 6.07) is 4.29. The monoisotopic (exact) mass is 245 g/mol. The second-order valence-electron chi connectivity index (χ2n) is 5.06. The Morgan fingerprint density at radius 1 is 1.22 bits per heavy atom. The van der Waals surface area contributed by atoms with Crippen LogP contribution in [0.15, 0.2) is 18.3 Å². The zero-order valence-electron chi connectivity index (χ0n) is 10.9. The molecule has 2 aromatic rings. The van der Waals surface area contributed by atoms with Crippen LogP contribution in [0, 0.1) is 0 Å². The summed E-state index contributed by atoms with van der Waals surface area (Å²) in [4.78, 5) is 2.39. The third kappa shape index (κ3) is 1.95. The van der Waals surface area contributed by atoms with Crippen LogP contribution in [0.4, 0.5) is 5.69 Å². The van der Waals surface area contributed by atoms with Crippen molar-refractivity contribution in [3.05, 3.63) is 24.2 Å². The van der Waals surface area contributed by atoms with E-state index in [4.69, 9.17) is 0 Å². The van der Waals surface area contributed by atoms with Crippen LogP contribution in [-0.4, -0.2) is 40.8 Å². The summed E-state index contributed by atoms with van der Waals surface area (Å²) in [5.41, 5.74) is 2.18. The Kier molecular flexibility index (Phi) is 2.91. The maximum Gasteiger partial charge on any atom is 0.162 e. The lowest BCUT2D eigenvalue weighted by Crippen LogP contribution is -2.43. The molecule has 0 bridgehead atoms. The second kappa shape index (κ2) is 4.57. The van der Waals surface area contributed by atoms with Crippen LogP contribution >= 0.6 is 0 Å². The first kappa shape index (κ1) is 11.5. The van der Waals surface area contributed by atoms with Crippen molar-refractivity contribution in [3.8, 4) is 0 Å². The molecule has 1 N–H and O–H groups in total. The van der Waals surface area contributed by atoms with Gasteiger partial charge in [0.25, 0.3) is 0 Å². The first-order valence-corrected chi connectivity index (χ1v) is 6.56. The highest BCUT2D eigenvalue weighted by Crippen LogP contribution is 2.19. The predicted octanol–water partition coefficient (Wildman–Crippen LogP) is 1.26. The number of hydrogen-bond acceptors (Lipinski definition) is 4.